The number of sulfonamides is 1. The van der Waals surface area contributed by atoms with Crippen molar-refractivity contribution >= 4 is 16.0 Å². The van der Waals surface area contributed by atoms with E-state index in [4.69, 9.17) is 14.2 Å². The first kappa shape index (κ1) is 24.1. The van der Waals surface area contributed by atoms with E-state index < -0.39 is 22.0 Å². The number of hydrogen-bond acceptors (Lipinski definition) is 6. The SMILES string of the molecule is CCOc1cc2c(cc1OCC)C(CC(=O)OC)N(S(=O)(=O)c1ccc(CC)cc1)CC2. The highest BCUT2D eigenvalue weighted by atomic mass is 32.2. The molecule has 0 saturated heterocycles. The molecule has 3 rings (SSSR count). The first-order valence-electron chi connectivity index (χ1n) is 11.0. The smallest absolute Gasteiger partial charge is 0.307 e. The molecule has 2 aromatic rings. The number of hydrogen-bond donors (Lipinski definition) is 0. The highest BCUT2D eigenvalue weighted by molar-refractivity contribution is 7.89. The van der Waals surface area contributed by atoms with Crippen molar-refractivity contribution in [3.63, 3.8) is 0 Å². The van der Waals surface area contributed by atoms with Gasteiger partial charge in [-0.1, -0.05) is 19.1 Å². The van der Waals surface area contributed by atoms with Gasteiger partial charge in [-0.15, -0.1) is 0 Å². The van der Waals surface area contributed by atoms with Crippen molar-refractivity contribution in [2.75, 3.05) is 26.9 Å². The van der Waals surface area contributed by atoms with Gasteiger partial charge in [0, 0.05) is 6.54 Å². The minimum atomic E-state index is -3.82. The Bertz CT molecular complexity index is 1050. The summed E-state index contributed by atoms with van der Waals surface area (Å²) >= 11 is 0. The van der Waals surface area contributed by atoms with E-state index in [-0.39, 0.29) is 17.9 Å². The zero-order valence-corrected chi connectivity index (χ0v) is 19.9. The Morgan fingerprint density at radius 1 is 1.03 bits per heavy atom. The van der Waals surface area contributed by atoms with E-state index in [0.29, 0.717) is 31.1 Å². The maximum atomic E-state index is 13.6. The summed E-state index contributed by atoms with van der Waals surface area (Å²) in [6.07, 6.45) is 1.24. The van der Waals surface area contributed by atoms with Crippen molar-refractivity contribution in [2.45, 2.75) is 51.0 Å². The Labute approximate surface area is 190 Å². The lowest BCUT2D eigenvalue weighted by Crippen LogP contribution is -2.41. The molecular weight excluding hydrogens is 430 g/mol. The summed E-state index contributed by atoms with van der Waals surface area (Å²) in [5, 5.41) is 0. The van der Waals surface area contributed by atoms with E-state index in [1.165, 1.54) is 11.4 Å². The highest BCUT2D eigenvalue weighted by Gasteiger charge is 2.38. The molecule has 0 N–H and O–H groups in total. The summed E-state index contributed by atoms with van der Waals surface area (Å²) in [4.78, 5) is 12.5. The van der Waals surface area contributed by atoms with Crippen LogP contribution in [0.4, 0.5) is 0 Å². The molecule has 32 heavy (non-hydrogen) atoms. The highest BCUT2D eigenvalue weighted by Crippen LogP contribution is 2.42. The molecule has 1 heterocycles. The second kappa shape index (κ2) is 10.4. The van der Waals surface area contributed by atoms with Gasteiger partial charge in [0.05, 0.1) is 37.7 Å². The van der Waals surface area contributed by atoms with Crippen molar-refractivity contribution < 1.29 is 27.4 Å². The van der Waals surface area contributed by atoms with Gasteiger partial charge in [-0.25, -0.2) is 8.42 Å². The molecule has 2 aromatic carbocycles. The van der Waals surface area contributed by atoms with Crippen LogP contribution >= 0.6 is 0 Å². The number of fused-ring (bicyclic) bond motifs is 1. The van der Waals surface area contributed by atoms with Crippen LogP contribution in [0.2, 0.25) is 0 Å². The standard InChI is InChI=1S/C24H31NO6S/c1-5-17-8-10-19(11-9-17)32(27,28)25-13-12-18-14-22(30-6-2)23(31-7-3)15-20(18)21(25)16-24(26)29-4/h8-11,14-15,21H,5-7,12-13,16H2,1-4H3. The summed E-state index contributed by atoms with van der Waals surface area (Å²) in [6.45, 7) is 6.96. The molecule has 0 spiro atoms. The fraction of sp³-hybridized carbons (Fsp3) is 0.458. The van der Waals surface area contributed by atoms with Crippen LogP contribution in [0.3, 0.4) is 0 Å². The van der Waals surface area contributed by atoms with Crippen LogP contribution in [0.5, 0.6) is 11.5 Å². The molecule has 0 aliphatic carbocycles. The summed E-state index contributed by atoms with van der Waals surface area (Å²) < 4.78 is 44.9. The van der Waals surface area contributed by atoms with Crippen LogP contribution in [0.25, 0.3) is 0 Å². The number of rotatable bonds is 9. The summed E-state index contributed by atoms with van der Waals surface area (Å²) in [6, 6.07) is 9.90. The maximum absolute atomic E-state index is 13.6. The molecule has 7 nitrogen and oxygen atoms in total. The van der Waals surface area contributed by atoms with Gasteiger partial charge in [-0.2, -0.15) is 4.31 Å². The molecule has 174 valence electrons. The van der Waals surface area contributed by atoms with Crippen molar-refractivity contribution in [3.05, 3.63) is 53.1 Å². The molecule has 0 aromatic heterocycles. The van der Waals surface area contributed by atoms with Gasteiger partial charge < -0.3 is 14.2 Å². The fourth-order valence-electron chi connectivity index (χ4n) is 4.00. The number of aryl methyl sites for hydroxylation is 1. The molecule has 0 amide bonds. The number of benzene rings is 2. The average Bonchev–Trinajstić information content (AvgIpc) is 2.80. The number of ether oxygens (including phenoxy) is 3. The van der Waals surface area contributed by atoms with Crippen LogP contribution in [-0.2, 0) is 32.4 Å². The molecule has 0 radical (unpaired) electrons. The Morgan fingerprint density at radius 2 is 1.66 bits per heavy atom. The number of nitrogens with zero attached hydrogens (tertiary/aromatic N) is 1. The molecule has 1 aliphatic rings. The van der Waals surface area contributed by atoms with Gasteiger partial charge in [0.25, 0.3) is 0 Å². The summed E-state index contributed by atoms with van der Waals surface area (Å²) in [5.41, 5.74) is 2.74. The third-order valence-corrected chi connectivity index (χ3v) is 7.56. The van der Waals surface area contributed by atoms with Crippen molar-refractivity contribution in [1.82, 2.24) is 4.31 Å². The maximum Gasteiger partial charge on any atom is 0.307 e. The minimum Gasteiger partial charge on any atom is -0.490 e. The lowest BCUT2D eigenvalue weighted by Gasteiger charge is -2.36. The first-order chi connectivity index (χ1) is 15.3. The minimum absolute atomic E-state index is 0.0880. The van der Waals surface area contributed by atoms with E-state index >= 15 is 0 Å². The van der Waals surface area contributed by atoms with Crippen LogP contribution < -0.4 is 9.47 Å². The van der Waals surface area contributed by atoms with Crippen LogP contribution in [0.1, 0.15) is 49.9 Å². The third-order valence-electron chi connectivity index (χ3n) is 5.64. The summed E-state index contributed by atoms with van der Waals surface area (Å²) in [7, 11) is -2.52. The largest absolute Gasteiger partial charge is 0.490 e. The molecule has 1 unspecified atom stereocenters. The normalized spacial score (nSPS) is 16.3. The molecule has 0 bridgehead atoms. The van der Waals surface area contributed by atoms with Gasteiger partial charge in [-0.3, -0.25) is 4.79 Å². The Hall–Kier alpha value is -2.58. The third kappa shape index (κ3) is 4.91. The number of carbonyl (C=O) groups excluding carboxylic acids is 1. The van der Waals surface area contributed by atoms with Crippen molar-refractivity contribution in [3.8, 4) is 11.5 Å². The Kier molecular flexibility index (Phi) is 7.79. The second-order valence-corrected chi connectivity index (χ2v) is 9.41. The molecule has 0 saturated carbocycles. The van der Waals surface area contributed by atoms with E-state index in [1.54, 1.807) is 18.2 Å². The van der Waals surface area contributed by atoms with Crippen molar-refractivity contribution in [2.24, 2.45) is 0 Å². The van der Waals surface area contributed by atoms with E-state index in [0.717, 1.165) is 23.1 Å². The van der Waals surface area contributed by atoms with E-state index in [1.807, 2.05) is 39.0 Å². The van der Waals surface area contributed by atoms with Gasteiger partial charge in [0.2, 0.25) is 10.0 Å². The molecule has 1 atom stereocenters. The van der Waals surface area contributed by atoms with Gasteiger partial charge in [-0.05, 0) is 67.6 Å². The molecule has 8 heteroatoms. The predicted molar refractivity (Wildman–Crippen MR) is 122 cm³/mol. The fourth-order valence-corrected chi connectivity index (χ4v) is 5.60. The Balaban J connectivity index is 2.08. The average molecular weight is 462 g/mol. The van der Waals surface area contributed by atoms with Gasteiger partial charge >= 0.3 is 5.97 Å². The zero-order chi connectivity index (χ0) is 23.3. The second-order valence-electron chi connectivity index (χ2n) is 7.52. The van der Waals surface area contributed by atoms with Crippen LogP contribution in [0.15, 0.2) is 41.3 Å². The number of methoxy groups -OCH3 is 1. The van der Waals surface area contributed by atoms with E-state index in [2.05, 4.69) is 0 Å². The lowest BCUT2D eigenvalue weighted by atomic mass is 9.91. The Morgan fingerprint density at radius 3 is 2.22 bits per heavy atom. The van der Waals surface area contributed by atoms with Gasteiger partial charge in [0.15, 0.2) is 11.5 Å². The quantitative estimate of drug-likeness (QED) is 0.527. The topological polar surface area (TPSA) is 82.1 Å². The zero-order valence-electron chi connectivity index (χ0n) is 19.1. The van der Waals surface area contributed by atoms with Crippen molar-refractivity contribution in [1.29, 1.82) is 0 Å². The molecular formula is C24H31NO6S. The molecule has 1 aliphatic heterocycles. The van der Waals surface area contributed by atoms with E-state index in [9.17, 15) is 13.2 Å². The number of carbonyl (C=O) groups is 1. The first-order valence-corrected chi connectivity index (χ1v) is 12.4. The predicted octanol–water partition coefficient (Wildman–Crippen LogP) is 3.90. The van der Waals surface area contributed by atoms with Crippen LogP contribution in [-0.4, -0.2) is 45.6 Å². The summed E-state index contributed by atoms with van der Waals surface area (Å²) in [5.74, 6) is 0.683. The van der Waals surface area contributed by atoms with Crippen LogP contribution in [0, 0.1) is 0 Å². The van der Waals surface area contributed by atoms with Gasteiger partial charge in [0.1, 0.15) is 0 Å². The number of esters is 1. The monoisotopic (exact) mass is 461 g/mol. The lowest BCUT2D eigenvalue weighted by molar-refractivity contribution is -0.141. The molecule has 0 fully saturated rings.